The van der Waals surface area contributed by atoms with Gasteiger partial charge in [-0.05, 0) is 18.6 Å². The van der Waals surface area contributed by atoms with Gasteiger partial charge in [-0.15, -0.1) is 0 Å². The molecule has 1 rings (SSSR count). The van der Waals surface area contributed by atoms with Crippen molar-refractivity contribution < 1.29 is 4.21 Å². The molecule has 0 spiro atoms. The van der Waals surface area contributed by atoms with Crippen LogP contribution in [0.25, 0.3) is 0 Å². The first-order valence-corrected chi connectivity index (χ1v) is 5.56. The van der Waals surface area contributed by atoms with Gasteiger partial charge >= 0.3 is 0 Å². The third-order valence-corrected chi connectivity index (χ3v) is 2.95. The van der Waals surface area contributed by atoms with Crippen molar-refractivity contribution in [2.24, 2.45) is 0 Å². The summed E-state index contributed by atoms with van der Waals surface area (Å²) in [5.41, 5.74) is 0.921. The molecule has 0 aromatic carbocycles. The second kappa shape index (κ2) is 5.04. The zero-order valence-corrected chi connectivity index (χ0v) is 8.01. The molecule has 1 heterocycles. The molecule has 0 N–H and O–H groups in total. The van der Waals surface area contributed by atoms with Gasteiger partial charge in [-0.1, -0.05) is 13.0 Å². The number of nitrogens with zero attached hydrogens (tertiary/aromatic N) is 1. The minimum absolute atomic E-state index is 0.592. The molecule has 66 valence electrons. The Kier molecular flexibility index (Phi) is 3.94. The second-order valence-corrected chi connectivity index (χ2v) is 4.19. The number of hydrogen-bond acceptors (Lipinski definition) is 2. The van der Waals surface area contributed by atoms with E-state index in [4.69, 9.17) is 0 Å². The Morgan fingerprint density at radius 1 is 1.50 bits per heavy atom. The van der Waals surface area contributed by atoms with Gasteiger partial charge in [-0.2, -0.15) is 0 Å². The first-order chi connectivity index (χ1) is 5.83. The van der Waals surface area contributed by atoms with Crippen LogP contribution in [-0.4, -0.2) is 14.9 Å². The zero-order chi connectivity index (χ0) is 8.81. The lowest BCUT2D eigenvalue weighted by molar-refractivity contribution is 0.681. The SMILES string of the molecule is CCCS(=O)Cc1ccccn1. The topological polar surface area (TPSA) is 30.0 Å². The molecule has 0 saturated carbocycles. The van der Waals surface area contributed by atoms with E-state index in [1.165, 1.54) is 0 Å². The van der Waals surface area contributed by atoms with Gasteiger partial charge in [0.15, 0.2) is 0 Å². The second-order valence-electron chi connectivity index (χ2n) is 2.61. The van der Waals surface area contributed by atoms with Crippen LogP contribution in [0.2, 0.25) is 0 Å². The van der Waals surface area contributed by atoms with E-state index in [2.05, 4.69) is 4.98 Å². The molecular formula is C9H13NOS. The van der Waals surface area contributed by atoms with Crippen LogP contribution in [0.3, 0.4) is 0 Å². The van der Waals surface area contributed by atoms with Crippen LogP contribution in [0.4, 0.5) is 0 Å². The molecule has 0 bridgehead atoms. The van der Waals surface area contributed by atoms with E-state index < -0.39 is 10.8 Å². The Morgan fingerprint density at radius 2 is 2.33 bits per heavy atom. The molecule has 1 aromatic heterocycles. The zero-order valence-electron chi connectivity index (χ0n) is 7.19. The standard InChI is InChI=1S/C9H13NOS/c1-2-7-12(11)8-9-5-3-4-6-10-9/h3-6H,2,7-8H2,1H3. The number of aromatic nitrogens is 1. The van der Waals surface area contributed by atoms with Crippen molar-refractivity contribution in [2.75, 3.05) is 5.75 Å². The molecule has 0 radical (unpaired) electrons. The van der Waals surface area contributed by atoms with Gasteiger partial charge in [0.25, 0.3) is 0 Å². The molecule has 1 atom stereocenters. The molecule has 0 saturated heterocycles. The van der Waals surface area contributed by atoms with Gasteiger partial charge in [0.2, 0.25) is 0 Å². The Balaban J connectivity index is 2.47. The van der Waals surface area contributed by atoms with Crippen molar-refractivity contribution in [1.29, 1.82) is 0 Å². The van der Waals surface area contributed by atoms with Crippen LogP contribution >= 0.6 is 0 Å². The molecule has 0 aliphatic carbocycles. The van der Waals surface area contributed by atoms with Crippen LogP contribution in [0.5, 0.6) is 0 Å². The van der Waals surface area contributed by atoms with Gasteiger partial charge in [-0.25, -0.2) is 0 Å². The minimum atomic E-state index is -0.734. The van der Waals surface area contributed by atoms with Crippen molar-refractivity contribution in [2.45, 2.75) is 19.1 Å². The van der Waals surface area contributed by atoms with Crippen molar-refractivity contribution in [3.05, 3.63) is 30.1 Å². The molecule has 1 unspecified atom stereocenters. The van der Waals surface area contributed by atoms with Crippen LogP contribution in [0, 0.1) is 0 Å². The Bertz CT molecular complexity index is 248. The van der Waals surface area contributed by atoms with Crippen LogP contribution in [0.1, 0.15) is 19.0 Å². The molecule has 1 aromatic rings. The highest BCUT2D eigenvalue weighted by Gasteiger charge is 1.99. The maximum Gasteiger partial charge on any atom is 0.0658 e. The minimum Gasteiger partial charge on any atom is -0.260 e. The lowest BCUT2D eigenvalue weighted by Crippen LogP contribution is -2.00. The van der Waals surface area contributed by atoms with Gasteiger partial charge in [-0.3, -0.25) is 9.19 Å². The fourth-order valence-electron chi connectivity index (χ4n) is 0.948. The number of rotatable bonds is 4. The highest BCUT2D eigenvalue weighted by atomic mass is 32.2. The first kappa shape index (κ1) is 9.39. The predicted octanol–water partition coefficient (Wildman–Crippen LogP) is 1.74. The molecule has 0 aliphatic rings. The molecule has 0 aliphatic heterocycles. The van der Waals surface area contributed by atoms with Crippen molar-refractivity contribution >= 4 is 10.8 Å². The van der Waals surface area contributed by atoms with Crippen LogP contribution in [0.15, 0.2) is 24.4 Å². The highest BCUT2D eigenvalue weighted by molar-refractivity contribution is 7.84. The van der Waals surface area contributed by atoms with E-state index >= 15 is 0 Å². The molecule has 0 fully saturated rings. The third kappa shape index (κ3) is 3.13. The lowest BCUT2D eigenvalue weighted by atomic mass is 10.4. The number of pyridine rings is 1. The summed E-state index contributed by atoms with van der Waals surface area (Å²) >= 11 is 0. The fraction of sp³-hybridized carbons (Fsp3) is 0.444. The van der Waals surface area contributed by atoms with E-state index in [-0.39, 0.29) is 0 Å². The van der Waals surface area contributed by atoms with E-state index in [1.807, 2.05) is 25.1 Å². The number of hydrogen-bond donors (Lipinski definition) is 0. The summed E-state index contributed by atoms with van der Waals surface area (Å²) in [7, 11) is -0.734. The van der Waals surface area contributed by atoms with Crippen molar-refractivity contribution in [1.82, 2.24) is 4.98 Å². The molecule has 12 heavy (non-hydrogen) atoms. The summed E-state index contributed by atoms with van der Waals surface area (Å²) in [4.78, 5) is 4.11. The van der Waals surface area contributed by atoms with E-state index in [0.29, 0.717) is 5.75 Å². The predicted molar refractivity (Wildman–Crippen MR) is 51.2 cm³/mol. The maximum absolute atomic E-state index is 11.3. The first-order valence-electron chi connectivity index (χ1n) is 4.08. The smallest absolute Gasteiger partial charge is 0.0658 e. The average Bonchev–Trinajstić information content (AvgIpc) is 2.06. The maximum atomic E-state index is 11.3. The third-order valence-electron chi connectivity index (χ3n) is 1.47. The average molecular weight is 183 g/mol. The summed E-state index contributed by atoms with van der Waals surface area (Å²) in [6.07, 6.45) is 2.71. The van der Waals surface area contributed by atoms with Crippen molar-refractivity contribution in [3.63, 3.8) is 0 Å². The van der Waals surface area contributed by atoms with Gasteiger partial charge in [0.1, 0.15) is 0 Å². The van der Waals surface area contributed by atoms with Gasteiger partial charge in [0, 0.05) is 22.7 Å². The van der Waals surface area contributed by atoms with E-state index in [1.54, 1.807) is 6.20 Å². The molecular weight excluding hydrogens is 170 g/mol. The quantitative estimate of drug-likeness (QED) is 0.711. The summed E-state index contributed by atoms with van der Waals surface area (Å²) in [6.45, 7) is 2.04. The van der Waals surface area contributed by atoms with Crippen LogP contribution < -0.4 is 0 Å². The Labute approximate surface area is 75.5 Å². The summed E-state index contributed by atoms with van der Waals surface area (Å²) < 4.78 is 11.3. The highest BCUT2D eigenvalue weighted by Crippen LogP contribution is 1.99. The summed E-state index contributed by atoms with van der Waals surface area (Å²) in [5.74, 6) is 1.37. The van der Waals surface area contributed by atoms with Gasteiger partial charge < -0.3 is 0 Å². The van der Waals surface area contributed by atoms with E-state index in [0.717, 1.165) is 17.9 Å². The Hall–Kier alpha value is -0.700. The normalized spacial score (nSPS) is 12.8. The largest absolute Gasteiger partial charge is 0.260 e. The fourth-order valence-corrected chi connectivity index (χ4v) is 2.05. The molecule has 2 nitrogen and oxygen atoms in total. The summed E-state index contributed by atoms with van der Waals surface area (Å²) in [5, 5.41) is 0. The summed E-state index contributed by atoms with van der Waals surface area (Å²) in [6, 6.07) is 5.70. The lowest BCUT2D eigenvalue weighted by Gasteiger charge is -1.98. The van der Waals surface area contributed by atoms with Gasteiger partial charge in [0.05, 0.1) is 11.4 Å². The Morgan fingerprint density at radius 3 is 2.92 bits per heavy atom. The molecule has 3 heteroatoms. The monoisotopic (exact) mass is 183 g/mol. The molecule has 0 amide bonds. The van der Waals surface area contributed by atoms with Crippen molar-refractivity contribution in [3.8, 4) is 0 Å². The van der Waals surface area contributed by atoms with E-state index in [9.17, 15) is 4.21 Å². The van der Waals surface area contributed by atoms with Crippen LogP contribution in [-0.2, 0) is 16.6 Å².